The Morgan fingerprint density at radius 2 is 1.59 bits per heavy atom. The zero-order chi connectivity index (χ0) is 29.7. The predicted molar refractivity (Wildman–Crippen MR) is 164 cm³/mol. The van der Waals surface area contributed by atoms with Crippen molar-refractivity contribution in [1.29, 1.82) is 0 Å². The molecule has 218 valence electrons. The van der Waals surface area contributed by atoms with Crippen molar-refractivity contribution in [3.63, 3.8) is 0 Å². The van der Waals surface area contributed by atoms with E-state index < -0.39 is 28.5 Å². The van der Waals surface area contributed by atoms with Crippen LogP contribution in [0.2, 0.25) is 20.1 Å². The Morgan fingerprint density at radius 1 is 0.902 bits per heavy atom. The molecule has 1 atom stereocenters. The zero-order valence-electron chi connectivity index (χ0n) is 22.2. The third-order valence-corrected chi connectivity index (χ3v) is 10.1. The first-order valence-electron chi connectivity index (χ1n) is 13.0. The van der Waals surface area contributed by atoms with Crippen molar-refractivity contribution in [2.75, 3.05) is 10.8 Å². The summed E-state index contributed by atoms with van der Waals surface area (Å²) in [5.41, 5.74) is 0.695. The van der Waals surface area contributed by atoms with Gasteiger partial charge in [0.25, 0.3) is 10.0 Å². The van der Waals surface area contributed by atoms with Crippen LogP contribution < -0.4 is 9.62 Å². The number of halogens is 4. The highest BCUT2D eigenvalue weighted by Crippen LogP contribution is 2.31. The molecule has 0 radical (unpaired) electrons. The molecule has 0 bridgehead atoms. The quantitative estimate of drug-likeness (QED) is 0.255. The first-order valence-corrected chi connectivity index (χ1v) is 16.0. The minimum absolute atomic E-state index is 0.0156. The van der Waals surface area contributed by atoms with Crippen LogP contribution in [0.4, 0.5) is 5.69 Å². The van der Waals surface area contributed by atoms with Gasteiger partial charge < -0.3 is 10.2 Å². The monoisotopic (exact) mass is 655 g/mol. The van der Waals surface area contributed by atoms with Crippen molar-refractivity contribution in [1.82, 2.24) is 10.2 Å². The van der Waals surface area contributed by atoms with Crippen molar-refractivity contribution in [3.8, 4) is 0 Å². The molecule has 3 aromatic rings. The summed E-state index contributed by atoms with van der Waals surface area (Å²) in [6.45, 7) is 0.956. The fourth-order valence-electron chi connectivity index (χ4n) is 4.70. The fraction of sp³-hybridized carbons (Fsp3) is 0.310. The Balaban J connectivity index is 1.71. The number of sulfonamides is 1. The van der Waals surface area contributed by atoms with Gasteiger partial charge in [0.15, 0.2) is 0 Å². The lowest BCUT2D eigenvalue weighted by atomic mass is 10.1. The maximum Gasteiger partial charge on any atom is 0.264 e. The van der Waals surface area contributed by atoms with Crippen LogP contribution in [-0.2, 0) is 26.2 Å². The Bertz CT molecular complexity index is 1520. The molecule has 1 aliphatic carbocycles. The second-order valence-corrected chi connectivity index (χ2v) is 13.4. The van der Waals surface area contributed by atoms with Crippen LogP contribution >= 0.6 is 46.4 Å². The molecule has 1 saturated carbocycles. The number of benzene rings is 3. The van der Waals surface area contributed by atoms with Gasteiger partial charge >= 0.3 is 0 Å². The molecule has 0 spiro atoms. The number of rotatable bonds is 10. The van der Waals surface area contributed by atoms with Gasteiger partial charge in [-0.2, -0.15) is 0 Å². The van der Waals surface area contributed by atoms with E-state index in [4.69, 9.17) is 46.4 Å². The third-order valence-electron chi connectivity index (χ3n) is 7.03. The number of carbonyl (C=O) groups is 2. The Morgan fingerprint density at radius 3 is 2.22 bits per heavy atom. The van der Waals surface area contributed by atoms with Crippen LogP contribution in [0.25, 0.3) is 0 Å². The summed E-state index contributed by atoms with van der Waals surface area (Å²) in [5.74, 6) is -0.946. The average molecular weight is 657 g/mol. The Labute approximate surface area is 260 Å². The molecule has 3 aromatic carbocycles. The molecule has 7 nitrogen and oxygen atoms in total. The van der Waals surface area contributed by atoms with E-state index in [9.17, 15) is 18.0 Å². The number of amides is 2. The molecule has 1 fully saturated rings. The maximum atomic E-state index is 14.0. The summed E-state index contributed by atoms with van der Waals surface area (Å²) < 4.78 is 28.6. The van der Waals surface area contributed by atoms with Crippen molar-refractivity contribution in [3.05, 3.63) is 92.4 Å². The molecular weight excluding hydrogens is 628 g/mol. The minimum atomic E-state index is -4.22. The SMILES string of the molecule is C[C@H](C(=O)NC1CCCC1)N(Cc1ccc(Cl)cc1Cl)C(=O)CN(c1ccc(Cl)c(Cl)c1)S(=O)(=O)c1ccccc1. The summed E-state index contributed by atoms with van der Waals surface area (Å²) in [5, 5.41) is 4.12. The molecule has 4 rings (SSSR count). The lowest BCUT2D eigenvalue weighted by Crippen LogP contribution is -2.52. The molecule has 0 unspecified atom stereocenters. The summed E-state index contributed by atoms with van der Waals surface area (Å²) in [4.78, 5) is 28.6. The highest BCUT2D eigenvalue weighted by Gasteiger charge is 2.33. The number of nitrogens with one attached hydrogen (secondary N) is 1. The van der Waals surface area contributed by atoms with Crippen LogP contribution in [-0.4, -0.2) is 43.8 Å². The van der Waals surface area contributed by atoms with Crippen LogP contribution in [0.15, 0.2) is 71.6 Å². The summed E-state index contributed by atoms with van der Waals surface area (Å²) in [7, 11) is -4.22. The lowest BCUT2D eigenvalue weighted by Gasteiger charge is -2.32. The topological polar surface area (TPSA) is 86.8 Å². The van der Waals surface area contributed by atoms with Crippen molar-refractivity contribution in [2.24, 2.45) is 0 Å². The standard InChI is InChI=1S/C29H29Cl4N3O4S/c1-19(29(38)34-22-7-5-6-8-22)35(17-20-11-12-21(30)15-26(20)32)28(37)18-36(23-13-14-25(31)27(33)16-23)41(39,40)24-9-3-2-4-10-24/h2-4,9-16,19,22H,5-8,17-18H2,1H3,(H,34,38)/t19-/m1/s1. The van der Waals surface area contributed by atoms with E-state index in [1.165, 1.54) is 35.2 Å². The Hall–Kier alpha value is -2.49. The number of nitrogens with zero attached hydrogens (tertiary/aromatic N) is 2. The van der Waals surface area contributed by atoms with Gasteiger partial charge in [-0.1, -0.05) is 83.5 Å². The number of carbonyl (C=O) groups excluding carboxylic acids is 2. The van der Waals surface area contributed by atoms with Crippen LogP contribution in [0.1, 0.15) is 38.2 Å². The van der Waals surface area contributed by atoms with Crippen molar-refractivity contribution < 1.29 is 18.0 Å². The van der Waals surface area contributed by atoms with Gasteiger partial charge in [-0.25, -0.2) is 8.42 Å². The van der Waals surface area contributed by atoms with E-state index >= 15 is 0 Å². The molecule has 0 aromatic heterocycles. The number of anilines is 1. The van der Waals surface area contributed by atoms with Gasteiger partial charge in [-0.05, 0) is 67.8 Å². The molecule has 0 aliphatic heterocycles. The van der Waals surface area contributed by atoms with E-state index in [0.717, 1.165) is 30.0 Å². The molecule has 12 heteroatoms. The van der Waals surface area contributed by atoms with Gasteiger partial charge in [0.05, 0.1) is 20.6 Å². The smallest absolute Gasteiger partial charge is 0.264 e. The van der Waals surface area contributed by atoms with E-state index in [1.807, 2.05) is 0 Å². The van der Waals surface area contributed by atoms with Crippen molar-refractivity contribution in [2.45, 2.75) is 56.1 Å². The number of hydrogen-bond acceptors (Lipinski definition) is 4. The second kappa shape index (κ2) is 13.7. The highest BCUT2D eigenvalue weighted by molar-refractivity contribution is 7.92. The van der Waals surface area contributed by atoms with Crippen molar-refractivity contribution >= 4 is 73.9 Å². The van der Waals surface area contributed by atoms with Crippen LogP contribution in [0.5, 0.6) is 0 Å². The molecule has 1 N–H and O–H groups in total. The minimum Gasteiger partial charge on any atom is -0.352 e. The normalized spacial score (nSPS) is 14.5. The first kappa shape index (κ1) is 31.4. The average Bonchev–Trinajstić information content (AvgIpc) is 3.46. The van der Waals surface area contributed by atoms with E-state index in [2.05, 4.69) is 5.32 Å². The molecule has 0 heterocycles. The molecule has 1 aliphatic rings. The van der Waals surface area contributed by atoms with Gasteiger partial charge in [0.2, 0.25) is 11.8 Å². The zero-order valence-corrected chi connectivity index (χ0v) is 26.0. The van der Waals surface area contributed by atoms with Gasteiger partial charge in [-0.15, -0.1) is 0 Å². The maximum absolute atomic E-state index is 14.0. The third kappa shape index (κ3) is 7.67. The first-order chi connectivity index (χ1) is 19.5. The van der Waals surface area contributed by atoms with Crippen LogP contribution in [0.3, 0.4) is 0 Å². The number of hydrogen-bond donors (Lipinski definition) is 1. The molecular formula is C29H29Cl4N3O4S. The van der Waals surface area contributed by atoms with E-state index in [-0.39, 0.29) is 39.1 Å². The lowest BCUT2D eigenvalue weighted by molar-refractivity contribution is -0.139. The fourth-order valence-corrected chi connectivity index (χ4v) is 6.88. The van der Waals surface area contributed by atoms with Gasteiger partial charge in [-0.3, -0.25) is 13.9 Å². The molecule has 41 heavy (non-hydrogen) atoms. The molecule has 0 saturated heterocycles. The predicted octanol–water partition coefficient (Wildman–Crippen LogP) is 6.97. The van der Waals surface area contributed by atoms with Gasteiger partial charge in [0.1, 0.15) is 12.6 Å². The molecule has 2 amide bonds. The highest BCUT2D eigenvalue weighted by atomic mass is 35.5. The summed E-state index contributed by atoms with van der Waals surface area (Å²) in [6.07, 6.45) is 3.79. The Kier molecular flexibility index (Phi) is 10.5. The van der Waals surface area contributed by atoms with E-state index in [1.54, 1.807) is 43.3 Å². The van der Waals surface area contributed by atoms with Gasteiger partial charge in [0, 0.05) is 22.6 Å². The largest absolute Gasteiger partial charge is 0.352 e. The van der Waals surface area contributed by atoms with E-state index in [0.29, 0.717) is 15.6 Å². The second-order valence-electron chi connectivity index (χ2n) is 9.85. The summed E-state index contributed by atoms with van der Waals surface area (Å²) in [6, 6.07) is 16.0. The summed E-state index contributed by atoms with van der Waals surface area (Å²) >= 11 is 24.8. The van der Waals surface area contributed by atoms with Crippen LogP contribution in [0, 0.1) is 0 Å².